The molecule has 6 nitrogen and oxygen atoms in total. The van der Waals surface area contributed by atoms with Crippen LogP contribution < -0.4 is 10.1 Å². The highest BCUT2D eigenvalue weighted by atomic mass is 127. The number of nitro groups is 1. The highest BCUT2D eigenvalue weighted by Crippen LogP contribution is 2.33. The predicted molar refractivity (Wildman–Crippen MR) is 83.8 cm³/mol. The third kappa shape index (κ3) is 4.94. The van der Waals surface area contributed by atoms with Crippen LogP contribution >= 0.6 is 22.6 Å². The SMILES string of the molecule is CCCNCCCOc1c(I)cc(C#N)cc1[N+](=O)[O-]. The largest absolute Gasteiger partial charge is 0.486 e. The molecule has 0 aliphatic carbocycles. The summed E-state index contributed by atoms with van der Waals surface area (Å²) < 4.78 is 6.09. The average Bonchev–Trinajstić information content (AvgIpc) is 2.43. The molecule has 0 aromatic heterocycles. The molecule has 0 unspecified atom stereocenters. The maximum atomic E-state index is 11.0. The van der Waals surface area contributed by atoms with Crippen molar-refractivity contribution in [1.82, 2.24) is 5.32 Å². The number of rotatable bonds is 8. The lowest BCUT2D eigenvalue weighted by atomic mass is 10.2. The van der Waals surface area contributed by atoms with E-state index in [4.69, 9.17) is 10.00 Å². The summed E-state index contributed by atoms with van der Waals surface area (Å²) >= 11 is 1.95. The van der Waals surface area contributed by atoms with Crippen molar-refractivity contribution in [3.8, 4) is 11.8 Å². The molecular weight excluding hydrogens is 373 g/mol. The number of nitrogens with one attached hydrogen (secondary N) is 1. The molecule has 0 aliphatic heterocycles. The molecule has 1 aromatic carbocycles. The standard InChI is InChI=1S/C13H16IN3O3/c1-2-4-16-5-3-6-20-13-11(14)7-10(9-15)8-12(13)17(18)19/h7-8,16H,2-6H2,1H3. The number of benzene rings is 1. The van der Waals surface area contributed by atoms with E-state index in [1.54, 1.807) is 6.07 Å². The van der Waals surface area contributed by atoms with Crippen molar-refractivity contribution in [3.63, 3.8) is 0 Å². The minimum Gasteiger partial charge on any atom is -0.486 e. The first kappa shape index (κ1) is 16.7. The van der Waals surface area contributed by atoms with E-state index in [2.05, 4.69) is 12.2 Å². The molecule has 108 valence electrons. The molecule has 7 heteroatoms. The van der Waals surface area contributed by atoms with Crippen LogP contribution in [0.5, 0.6) is 5.75 Å². The van der Waals surface area contributed by atoms with Crippen LogP contribution in [0.1, 0.15) is 25.3 Å². The van der Waals surface area contributed by atoms with E-state index < -0.39 is 4.92 Å². The Kier molecular flexibility index (Phi) is 7.25. The van der Waals surface area contributed by atoms with Gasteiger partial charge >= 0.3 is 5.69 Å². The summed E-state index contributed by atoms with van der Waals surface area (Å²) in [5, 5.41) is 23.1. The first-order valence-electron chi connectivity index (χ1n) is 6.31. The molecule has 0 saturated heterocycles. The number of hydrogen-bond acceptors (Lipinski definition) is 5. The zero-order chi connectivity index (χ0) is 15.0. The second-order valence-corrected chi connectivity index (χ2v) is 5.29. The third-order valence-corrected chi connectivity index (χ3v) is 3.32. The topological polar surface area (TPSA) is 88.2 Å². The van der Waals surface area contributed by atoms with Crippen LogP contribution in [0.4, 0.5) is 5.69 Å². The molecule has 1 aromatic rings. The van der Waals surface area contributed by atoms with Crippen LogP contribution in [0.3, 0.4) is 0 Å². The molecular formula is C13H16IN3O3. The molecule has 20 heavy (non-hydrogen) atoms. The second-order valence-electron chi connectivity index (χ2n) is 4.13. The van der Waals surface area contributed by atoms with Crippen LogP contribution in [0.15, 0.2) is 12.1 Å². The van der Waals surface area contributed by atoms with Crippen molar-refractivity contribution < 1.29 is 9.66 Å². The summed E-state index contributed by atoms with van der Waals surface area (Å²) in [6.07, 6.45) is 1.84. The van der Waals surface area contributed by atoms with Gasteiger partial charge in [-0.15, -0.1) is 0 Å². The molecule has 0 spiro atoms. The molecule has 1 rings (SSSR count). The molecule has 0 bridgehead atoms. The summed E-state index contributed by atoms with van der Waals surface area (Å²) in [6, 6.07) is 4.73. The fourth-order valence-corrected chi connectivity index (χ4v) is 2.36. The lowest BCUT2D eigenvalue weighted by Crippen LogP contribution is -2.18. The first-order valence-corrected chi connectivity index (χ1v) is 7.39. The number of nitriles is 1. The average molecular weight is 389 g/mol. The lowest BCUT2D eigenvalue weighted by molar-refractivity contribution is -0.386. The monoisotopic (exact) mass is 389 g/mol. The van der Waals surface area contributed by atoms with Gasteiger partial charge in [-0.05, 0) is 54.6 Å². The first-order chi connectivity index (χ1) is 9.60. The van der Waals surface area contributed by atoms with Crippen LogP contribution in [-0.2, 0) is 0 Å². The summed E-state index contributed by atoms with van der Waals surface area (Å²) in [5.41, 5.74) is 0.105. The Morgan fingerprint density at radius 2 is 2.25 bits per heavy atom. The predicted octanol–water partition coefficient (Wildman–Crippen LogP) is 2.84. The molecule has 0 heterocycles. The molecule has 0 aliphatic rings. The molecule has 0 radical (unpaired) electrons. The van der Waals surface area contributed by atoms with Gasteiger partial charge in [-0.3, -0.25) is 10.1 Å². The van der Waals surface area contributed by atoms with Gasteiger partial charge in [0, 0.05) is 6.07 Å². The number of hydrogen-bond donors (Lipinski definition) is 1. The fourth-order valence-electron chi connectivity index (χ4n) is 1.60. The van der Waals surface area contributed by atoms with E-state index in [-0.39, 0.29) is 17.0 Å². The van der Waals surface area contributed by atoms with Crippen molar-refractivity contribution in [2.24, 2.45) is 0 Å². The Morgan fingerprint density at radius 1 is 1.50 bits per heavy atom. The maximum absolute atomic E-state index is 11.0. The molecule has 0 saturated carbocycles. The smallest absolute Gasteiger partial charge is 0.313 e. The number of ether oxygens (including phenoxy) is 1. The van der Waals surface area contributed by atoms with E-state index in [9.17, 15) is 10.1 Å². The van der Waals surface area contributed by atoms with E-state index in [1.807, 2.05) is 28.7 Å². The van der Waals surface area contributed by atoms with Gasteiger partial charge in [-0.25, -0.2) is 0 Å². The van der Waals surface area contributed by atoms with Gasteiger partial charge in [0.1, 0.15) is 0 Å². The Labute approximate surface area is 131 Å². The summed E-state index contributed by atoms with van der Waals surface area (Å²) in [7, 11) is 0. The minimum atomic E-state index is -0.520. The number of nitro benzene ring substituents is 1. The molecule has 1 N–H and O–H groups in total. The van der Waals surface area contributed by atoms with Crippen molar-refractivity contribution in [3.05, 3.63) is 31.4 Å². The fraction of sp³-hybridized carbons (Fsp3) is 0.462. The minimum absolute atomic E-state index is 0.157. The van der Waals surface area contributed by atoms with Gasteiger partial charge in [-0.1, -0.05) is 6.92 Å². The van der Waals surface area contributed by atoms with Gasteiger partial charge in [-0.2, -0.15) is 5.26 Å². The Balaban J connectivity index is 2.69. The molecule has 0 atom stereocenters. The zero-order valence-corrected chi connectivity index (χ0v) is 13.3. The quantitative estimate of drug-likeness (QED) is 0.320. The van der Waals surface area contributed by atoms with Crippen LogP contribution in [0, 0.1) is 25.0 Å². The molecule has 0 amide bonds. The van der Waals surface area contributed by atoms with Crippen molar-refractivity contribution in [2.45, 2.75) is 19.8 Å². The van der Waals surface area contributed by atoms with Gasteiger partial charge in [0.25, 0.3) is 0 Å². The third-order valence-electron chi connectivity index (χ3n) is 2.52. The van der Waals surface area contributed by atoms with Gasteiger partial charge in [0.15, 0.2) is 0 Å². The number of nitrogens with zero attached hydrogens (tertiary/aromatic N) is 2. The highest BCUT2D eigenvalue weighted by Gasteiger charge is 2.20. The summed E-state index contributed by atoms with van der Waals surface area (Å²) in [5.74, 6) is 0.241. The van der Waals surface area contributed by atoms with Crippen LogP contribution in [-0.4, -0.2) is 24.6 Å². The van der Waals surface area contributed by atoms with E-state index in [0.29, 0.717) is 10.2 Å². The maximum Gasteiger partial charge on any atom is 0.313 e. The summed E-state index contributed by atoms with van der Waals surface area (Å²) in [6.45, 7) is 4.26. The van der Waals surface area contributed by atoms with Gasteiger partial charge < -0.3 is 10.1 Å². The van der Waals surface area contributed by atoms with Crippen LogP contribution in [0.2, 0.25) is 0 Å². The Morgan fingerprint density at radius 3 is 2.85 bits per heavy atom. The van der Waals surface area contributed by atoms with E-state index in [1.165, 1.54) is 6.07 Å². The van der Waals surface area contributed by atoms with Gasteiger partial charge in [0.2, 0.25) is 5.75 Å². The molecule has 0 fully saturated rings. The van der Waals surface area contributed by atoms with Crippen LogP contribution in [0.25, 0.3) is 0 Å². The summed E-state index contributed by atoms with van der Waals surface area (Å²) in [4.78, 5) is 10.5. The van der Waals surface area contributed by atoms with Crippen molar-refractivity contribution >= 4 is 28.3 Å². The Bertz CT molecular complexity index is 514. The van der Waals surface area contributed by atoms with E-state index in [0.717, 1.165) is 25.9 Å². The number of halogens is 1. The second kappa shape index (κ2) is 8.71. The lowest BCUT2D eigenvalue weighted by Gasteiger charge is -2.09. The zero-order valence-electron chi connectivity index (χ0n) is 11.2. The van der Waals surface area contributed by atoms with Gasteiger partial charge in [0.05, 0.1) is 26.7 Å². The Hall–Kier alpha value is -1.40. The van der Waals surface area contributed by atoms with E-state index >= 15 is 0 Å². The van der Waals surface area contributed by atoms with Crippen molar-refractivity contribution in [1.29, 1.82) is 5.26 Å². The highest BCUT2D eigenvalue weighted by molar-refractivity contribution is 14.1. The van der Waals surface area contributed by atoms with Crippen molar-refractivity contribution in [2.75, 3.05) is 19.7 Å². The normalized spacial score (nSPS) is 10.1.